The van der Waals surface area contributed by atoms with Crippen molar-refractivity contribution < 1.29 is 18.4 Å². The van der Waals surface area contributed by atoms with Gasteiger partial charge >= 0.3 is 0 Å². The third-order valence-electron chi connectivity index (χ3n) is 4.27. The zero-order valence-corrected chi connectivity index (χ0v) is 17.7. The molecule has 0 unspecified atom stereocenters. The van der Waals surface area contributed by atoms with E-state index in [4.69, 9.17) is 0 Å². The number of halogens is 4. The van der Waals surface area contributed by atoms with Gasteiger partial charge in [0.1, 0.15) is 23.0 Å². The minimum Gasteiger partial charge on any atom is -0.336 e. The molecular weight excluding hydrogens is 462 g/mol. The van der Waals surface area contributed by atoms with Crippen LogP contribution in [0.2, 0.25) is 0 Å². The van der Waals surface area contributed by atoms with E-state index in [9.17, 15) is 18.4 Å². The summed E-state index contributed by atoms with van der Waals surface area (Å²) in [7, 11) is 0. The SMILES string of the molecule is CC(=O)CN1CCN(C(=O)c2c(F)ccc(-c3sccc3Br)c2F)CC1.Cl. The van der Waals surface area contributed by atoms with Gasteiger partial charge < -0.3 is 4.90 Å². The molecule has 0 aliphatic carbocycles. The van der Waals surface area contributed by atoms with Crippen molar-refractivity contribution >= 4 is 51.4 Å². The van der Waals surface area contributed by atoms with Gasteiger partial charge in [0.05, 0.1) is 11.4 Å². The van der Waals surface area contributed by atoms with E-state index in [-0.39, 0.29) is 23.8 Å². The van der Waals surface area contributed by atoms with Crippen LogP contribution in [0.4, 0.5) is 8.78 Å². The molecule has 9 heteroatoms. The number of rotatable bonds is 4. The van der Waals surface area contributed by atoms with Gasteiger partial charge in [-0.15, -0.1) is 23.7 Å². The molecule has 0 bridgehead atoms. The van der Waals surface area contributed by atoms with Crippen molar-refractivity contribution in [2.75, 3.05) is 32.7 Å². The molecular formula is C18H18BrClF2N2O2S. The molecule has 1 aromatic heterocycles. The molecule has 4 nitrogen and oxygen atoms in total. The zero-order valence-electron chi connectivity index (χ0n) is 14.5. The normalized spacial score (nSPS) is 14.7. The molecule has 146 valence electrons. The molecule has 0 radical (unpaired) electrons. The third kappa shape index (κ3) is 4.74. The molecule has 0 spiro atoms. The molecule has 1 fully saturated rings. The van der Waals surface area contributed by atoms with Gasteiger partial charge in [0.25, 0.3) is 5.91 Å². The van der Waals surface area contributed by atoms with Crippen LogP contribution in [0.15, 0.2) is 28.1 Å². The van der Waals surface area contributed by atoms with E-state index in [1.165, 1.54) is 29.2 Å². The number of amides is 1. The average molecular weight is 480 g/mol. The highest BCUT2D eigenvalue weighted by Crippen LogP contribution is 2.36. The number of thiophene rings is 1. The molecule has 1 amide bonds. The van der Waals surface area contributed by atoms with Crippen molar-refractivity contribution in [1.29, 1.82) is 0 Å². The Kier molecular flexibility index (Phi) is 7.50. The van der Waals surface area contributed by atoms with Crippen molar-refractivity contribution in [3.05, 3.63) is 45.2 Å². The van der Waals surface area contributed by atoms with E-state index >= 15 is 0 Å². The summed E-state index contributed by atoms with van der Waals surface area (Å²) >= 11 is 4.65. The fraction of sp³-hybridized carbons (Fsp3) is 0.333. The Morgan fingerprint density at radius 1 is 1.15 bits per heavy atom. The van der Waals surface area contributed by atoms with Gasteiger partial charge in [-0.1, -0.05) is 0 Å². The van der Waals surface area contributed by atoms with Crippen LogP contribution in [0.5, 0.6) is 0 Å². The molecule has 1 aromatic carbocycles. The Balaban J connectivity index is 0.00000261. The summed E-state index contributed by atoms with van der Waals surface area (Å²) in [5, 5.41) is 1.79. The minimum absolute atomic E-state index is 0. The summed E-state index contributed by atoms with van der Waals surface area (Å²) in [5.74, 6) is -2.31. The van der Waals surface area contributed by atoms with E-state index < -0.39 is 23.1 Å². The molecule has 1 saturated heterocycles. The molecule has 3 rings (SSSR count). The number of hydrogen-bond donors (Lipinski definition) is 0. The molecule has 2 heterocycles. The predicted molar refractivity (Wildman–Crippen MR) is 108 cm³/mol. The van der Waals surface area contributed by atoms with Gasteiger partial charge in [0.2, 0.25) is 0 Å². The first-order valence-corrected chi connectivity index (χ1v) is 9.78. The fourth-order valence-electron chi connectivity index (χ4n) is 2.99. The number of benzene rings is 1. The summed E-state index contributed by atoms with van der Waals surface area (Å²) < 4.78 is 29.9. The topological polar surface area (TPSA) is 40.6 Å². The predicted octanol–water partition coefficient (Wildman–Crippen LogP) is 4.22. The zero-order chi connectivity index (χ0) is 18.8. The highest BCUT2D eigenvalue weighted by atomic mass is 79.9. The van der Waals surface area contributed by atoms with Crippen molar-refractivity contribution in [3.8, 4) is 10.4 Å². The van der Waals surface area contributed by atoms with Gasteiger partial charge in [-0.05, 0) is 46.4 Å². The maximum absolute atomic E-state index is 15.0. The van der Waals surface area contributed by atoms with Gasteiger partial charge in [0, 0.05) is 36.2 Å². The molecule has 0 atom stereocenters. The lowest BCUT2D eigenvalue weighted by atomic mass is 10.1. The average Bonchev–Trinajstić information content (AvgIpc) is 3.01. The van der Waals surface area contributed by atoms with Gasteiger partial charge in [0.15, 0.2) is 0 Å². The molecule has 27 heavy (non-hydrogen) atoms. The first kappa shape index (κ1) is 21.9. The number of Topliss-reactive ketones (excluding diaryl/α,β-unsaturated/α-hetero) is 1. The molecule has 0 N–H and O–H groups in total. The highest BCUT2D eigenvalue weighted by Gasteiger charge is 2.29. The van der Waals surface area contributed by atoms with Gasteiger partial charge in [-0.25, -0.2) is 8.78 Å². The summed E-state index contributed by atoms with van der Waals surface area (Å²) in [4.78, 5) is 27.9. The Labute approximate surface area is 174 Å². The first-order valence-electron chi connectivity index (χ1n) is 8.11. The summed E-state index contributed by atoms with van der Waals surface area (Å²) in [5.41, 5.74) is -0.324. The molecule has 0 saturated carbocycles. The smallest absolute Gasteiger partial charge is 0.259 e. The molecule has 1 aliphatic rings. The summed E-state index contributed by atoms with van der Waals surface area (Å²) in [6, 6.07) is 4.26. The largest absolute Gasteiger partial charge is 0.336 e. The maximum Gasteiger partial charge on any atom is 0.259 e. The van der Waals surface area contributed by atoms with Crippen LogP contribution in [0.3, 0.4) is 0 Å². The Bertz CT molecular complexity index is 854. The van der Waals surface area contributed by atoms with E-state index in [0.29, 0.717) is 42.1 Å². The number of ketones is 1. The van der Waals surface area contributed by atoms with Crippen LogP contribution in [0, 0.1) is 11.6 Å². The second-order valence-corrected chi connectivity index (χ2v) is 7.92. The minimum atomic E-state index is -0.866. The van der Waals surface area contributed by atoms with E-state index in [2.05, 4.69) is 15.9 Å². The molecule has 1 aliphatic heterocycles. The summed E-state index contributed by atoms with van der Waals surface area (Å²) in [6.07, 6.45) is 0. The van der Waals surface area contributed by atoms with Crippen molar-refractivity contribution in [2.45, 2.75) is 6.92 Å². The van der Waals surface area contributed by atoms with Crippen LogP contribution in [-0.4, -0.2) is 54.2 Å². The second kappa shape index (κ2) is 9.23. The number of piperazine rings is 1. The van der Waals surface area contributed by atoms with Gasteiger partial charge in [-0.2, -0.15) is 0 Å². The number of carbonyl (C=O) groups excluding carboxylic acids is 2. The van der Waals surface area contributed by atoms with Crippen LogP contribution < -0.4 is 0 Å². The van der Waals surface area contributed by atoms with E-state index in [0.717, 1.165) is 6.07 Å². The quantitative estimate of drug-likeness (QED) is 0.659. The number of hydrogen-bond acceptors (Lipinski definition) is 4. The van der Waals surface area contributed by atoms with Crippen LogP contribution in [0.1, 0.15) is 17.3 Å². The van der Waals surface area contributed by atoms with E-state index in [1.807, 2.05) is 4.90 Å². The van der Waals surface area contributed by atoms with Crippen molar-refractivity contribution in [1.82, 2.24) is 9.80 Å². The van der Waals surface area contributed by atoms with Crippen LogP contribution in [0.25, 0.3) is 10.4 Å². The Hall–Kier alpha value is -1.35. The van der Waals surface area contributed by atoms with Crippen molar-refractivity contribution in [3.63, 3.8) is 0 Å². The van der Waals surface area contributed by atoms with Gasteiger partial charge in [-0.3, -0.25) is 14.5 Å². The maximum atomic E-state index is 15.0. The first-order chi connectivity index (χ1) is 12.4. The lowest BCUT2D eigenvalue weighted by molar-refractivity contribution is -0.118. The Morgan fingerprint density at radius 2 is 1.81 bits per heavy atom. The van der Waals surface area contributed by atoms with Crippen LogP contribution in [-0.2, 0) is 4.79 Å². The monoisotopic (exact) mass is 478 g/mol. The highest BCUT2D eigenvalue weighted by molar-refractivity contribution is 9.10. The van der Waals surface area contributed by atoms with Crippen LogP contribution >= 0.6 is 39.7 Å². The van der Waals surface area contributed by atoms with E-state index in [1.54, 1.807) is 11.4 Å². The Morgan fingerprint density at radius 3 is 2.37 bits per heavy atom. The lowest BCUT2D eigenvalue weighted by Gasteiger charge is -2.34. The third-order valence-corrected chi connectivity index (χ3v) is 6.14. The lowest BCUT2D eigenvalue weighted by Crippen LogP contribution is -2.50. The molecule has 2 aromatic rings. The van der Waals surface area contributed by atoms with Crippen molar-refractivity contribution in [2.24, 2.45) is 0 Å². The standard InChI is InChI=1S/C18H17BrF2N2O2S.ClH/c1-11(24)10-22-5-7-23(8-6-22)18(25)15-14(20)3-2-12(16(15)21)17-13(19)4-9-26-17;/h2-4,9H,5-8,10H2,1H3;1H. The second-order valence-electron chi connectivity index (χ2n) is 6.15. The number of nitrogens with zero attached hydrogens (tertiary/aromatic N) is 2. The summed E-state index contributed by atoms with van der Waals surface area (Å²) in [6.45, 7) is 3.51. The number of carbonyl (C=O) groups is 2. The fourth-order valence-corrected chi connectivity index (χ4v) is 4.60.